The van der Waals surface area contributed by atoms with Crippen molar-refractivity contribution >= 4 is 30.0 Å². The Labute approximate surface area is 160 Å². The van der Waals surface area contributed by atoms with E-state index < -0.39 is 19.1 Å². The molecule has 0 aliphatic heterocycles. The van der Waals surface area contributed by atoms with E-state index in [2.05, 4.69) is 34.4 Å². The Morgan fingerprint density at radius 1 is 1.35 bits per heavy atom. The first-order chi connectivity index (χ1) is 12.0. The van der Waals surface area contributed by atoms with Gasteiger partial charge in [0, 0.05) is 26.3 Å². The topological polar surface area (TPSA) is 69.0 Å². The van der Waals surface area contributed by atoms with Crippen LogP contribution in [-0.4, -0.2) is 38.4 Å². The molecule has 8 heteroatoms. The fourth-order valence-electron chi connectivity index (χ4n) is 2.40. The van der Waals surface area contributed by atoms with Gasteiger partial charge in [-0.3, -0.25) is 4.98 Å². The van der Waals surface area contributed by atoms with Gasteiger partial charge >= 0.3 is 0 Å². The minimum Gasteiger partial charge on any atom is -0.360 e. The Balaban J connectivity index is 2.17. The molecule has 2 aromatic heterocycles. The van der Waals surface area contributed by atoms with Crippen molar-refractivity contribution in [2.24, 2.45) is 0 Å². The molecule has 0 unspecified atom stereocenters. The maximum Gasteiger partial charge on any atom is 0.140 e. The van der Waals surface area contributed by atoms with Gasteiger partial charge in [-0.25, -0.2) is 13.6 Å². The van der Waals surface area contributed by atoms with Gasteiger partial charge in [0.2, 0.25) is 0 Å². The lowest BCUT2D eigenvalue weighted by molar-refractivity contribution is 0.0815. The number of ether oxygens (including phenoxy) is 1. The number of fused-ring (bicyclic) bond motifs is 1. The van der Waals surface area contributed by atoms with Crippen LogP contribution in [0.15, 0.2) is 18.5 Å². The molecule has 0 aromatic carbocycles. The first kappa shape index (κ1) is 21.2. The van der Waals surface area contributed by atoms with Gasteiger partial charge in [-0.15, -0.1) is 0 Å². The highest BCUT2D eigenvalue weighted by molar-refractivity contribution is 7.84. The molecule has 0 saturated carbocycles. The van der Waals surface area contributed by atoms with Crippen molar-refractivity contribution in [1.82, 2.24) is 19.5 Å². The molecule has 2 heterocycles. The molecule has 0 aliphatic carbocycles. The predicted octanol–water partition coefficient (Wildman–Crippen LogP) is 3.86. The molecule has 0 radical (unpaired) electrons. The maximum absolute atomic E-state index is 12.4. The second-order valence-corrected chi connectivity index (χ2v) is 16.5. The summed E-state index contributed by atoms with van der Waals surface area (Å²) in [5.41, 5.74) is 1.78. The Hall–Kier alpha value is -1.09. The highest BCUT2D eigenvalue weighted by Crippen LogP contribution is 2.23. The zero-order valence-electron chi connectivity index (χ0n) is 17.0. The van der Waals surface area contributed by atoms with Crippen molar-refractivity contribution in [2.75, 3.05) is 6.61 Å². The SMILES string of the molecule is C[C@@H](N[S@@](=O)C(C)(C)C)c1nccc2cnn(COCC[Si](C)(C)C)c12. The molecule has 0 spiro atoms. The summed E-state index contributed by atoms with van der Waals surface area (Å²) >= 11 is 0. The molecule has 146 valence electrons. The van der Waals surface area contributed by atoms with Crippen LogP contribution in [0, 0.1) is 0 Å². The predicted molar refractivity (Wildman–Crippen MR) is 111 cm³/mol. The van der Waals surface area contributed by atoms with E-state index in [9.17, 15) is 4.21 Å². The molecule has 0 fully saturated rings. The van der Waals surface area contributed by atoms with Crippen LogP contribution >= 0.6 is 0 Å². The Morgan fingerprint density at radius 3 is 2.65 bits per heavy atom. The molecule has 2 atom stereocenters. The van der Waals surface area contributed by atoms with Crippen molar-refractivity contribution in [2.45, 2.75) is 70.9 Å². The maximum atomic E-state index is 12.4. The number of nitrogens with one attached hydrogen (secondary N) is 1. The average molecular weight is 397 g/mol. The normalized spacial score (nSPS) is 15.3. The summed E-state index contributed by atoms with van der Waals surface area (Å²) in [6.07, 6.45) is 3.60. The number of hydrogen-bond donors (Lipinski definition) is 1. The van der Waals surface area contributed by atoms with Crippen LogP contribution < -0.4 is 4.72 Å². The highest BCUT2D eigenvalue weighted by atomic mass is 32.2. The summed E-state index contributed by atoms with van der Waals surface area (Å²) in [7, 11) is -2.28. The van der Waals surface area contributed by atoms with Crippen LogP contribution in [0.1, 0.15) is 39.4 Å². The van der Waals surface area contributed by atoms with Crippen molar-refractivity contribution in [3.63, 3.8) is 0 Å². The number of aromatic nitrogens is 3. The van der Waals surface area contributed by atoms with Gasteiger partial charge in [0.25, 0.3) is 0 Å². The van der Waals surface area contributed by atoms with Gasteiger partial charge in [0.05, 0.1) is 39.2 Å². The zero-order chi connectivity index (χ0) is 19.5. The number of nitrogens with zero attached hydrogens (tertiary/aromatic N) is 3. The molecule has 0 bridgehead atoms. The monoisotopic (exact) mass is 396 g/mol. The Morgan fingerprint density at radius 2 is 2.04 bits per heavy atom. The quantitative estimate of drug-likeness (QED) is 0.543. The van der Waals surface area contributed by atoms with Crippen LogP contribution in [0.3, 0.4) is 0 Å². The largest absolute Gasteiger partial charge is 0.360 e. The third-order valence-corrected chi connectivity index (χ3v) is 7.42. The lowest BCUT2D eigenvalue weighted by Crippen LogP contribution is -2.35. The smallest absolute Gasteiger partial charge is 0.140 e. The summed E-state index contributed by atoms with van der Waals surface area (Å²) in [5, 5.41) is 5.47. The van der Waals surface area contributed by atoms with E-state index >= 15 is 0 Å². The van der Waals surface area contributed by atoms with E-state index in [-0.39, 0.29) is 10.8 Å². The van der Waals surface area contributed by atoms with E-state index in [1.165, 1.54) is 0 Å². The van der Waals surface area contributed by atoms with E-state index in [0.717, 1.165) is 29.2 Å². The molecule has 0 saturated heterocycles. The Bertz CT molecular complexity index is 765. The summed E-state index contributed by atoms with van der Waals surface area (Å²) in [5.74, 6) is 0. The highest BCUT2D eigenvalue weighted by Gasteiger charge is 2.24. The number of rotatable bonds is 8. The fourth-order valence-corrected chi connectivity index (χ4v) is 3.94. The van der Waals surface area contributed by atoms with Crippen LogP contribution in [0.4, 0.5) is 0 Å². The number of hydrogen-bond acceptors (Lipinski definition) is 4. The van der Waals surface area contributed by atoms with Crippen molar-refractivity contribution in [1.29, 1.82) is 0 Å². The van der Waals surface area contributed by atoms with Gasteiger partial charge < -0.3 is 4.74 Å². The van der Waals surface area contributed by atoms with E-state index in [1.807, 2.05) is 44.6 Å². The molecule has 26 heavy (non-hydrogen) atoms. The molecule has 0 aliphatic rings. The average Bonchev–Trinajstić information content (AvgIpc) is 2.92. The van der Waals surface area contributed by atoms with E-state index in [0.29, 0.717) is 6.73 Å². The summed E-state index contributed by atoms with van der Waals surface area (Å²) in [4.78, 5) is 4.54. The Kier molecular flexibility index (Phi) is 6.76. The zero-order valence-corrected chi connectivity index (χ0v) is 18.8. The van der Waals surface area contributed by atoms with Crippen LogP contribution in [0.25, 0.3) is 10.9 Å². The lowest BCUT2D eigenvalue weighted by atomic mass is 10.2. The van der Waals surface area contributed by atoms with E-state index in [4.69, 9.17) is 4.74 Å². The molecule has 1 N–H and O–H groups in total. The van der Waals surface area contributed by atoms with Gasteiger partial charge in [-0.1, -0.05) is 19.6 Å². The number of pyridine rings is 1. The third-order valence-electron chi connectivity index (χ3n) is 4.04. The third kappa shape index (κ3) is 5.70. The first-order valence-corrected chi connectivity index (χ1v) is 13.9. The fraction of sp³-hybridized carbons (Fsp3) is 0.667. The summed E-state index contributed by atoms with van der Waals surface area (Å²) in [6.45, 7) is 16.0. The first-order valence-electron chi connectivity index (χ1n) is 9.05. The summed E-state index contributed by atoms with van der Waals surface area (Å²) in [6, 6.07) is 2.91. The molecule has 2 aromatic rings. The standard InChI is InChI=1S/C18H32N4O2SSi/c1-14(21-25(23)18(2,3)4)16-17-15(8-9-19-16)12-20-22(17)13-24-10-11-26(5,6)7/h8-9,12,14,21H,10-11,13H2,1-7H3/t14-,25+/m1/s1. The van der Waals surface area contributed by atoms with Gasteiger partial charge in [-0.05, 0) is 39.8 Å². The molecule has 0 amide bonds. The van der Waals surface area contributed by atoms with Gasteiger partial charge in [-0.2, -0.15) is 5.10 Å². The molecular weight excluding hydrogens is 364 g/mol. The van der Waals surface area contributed by atoms with Crippen LogP contribution in [0.5, 0.6) is 0 Å². The second-order valence-electron chi connectivity index (χ2n) is 8.85. The molecule has 6 nitrogen and oxygen atoms in total. The molecular formula is C18H32N4O2SSi. The summed E-state index contributed by atoms with van der Waals surface area (Å²) < 4.78 is 23.0. The van der Waals surface area contributed by atoms with Gasteiger partial charge in [0.1, 0.15) is 6.73 Å². The van der Waals surface area contributed by atoms with Crippen molar-refractivity contribution < 1.29 is 8.95 Å². The van der Waals surface area contributed by atoms with Crippen LogP contribution in [0.2, 0.25) is 25.7 Å². The van der Waals surface area contributed by atoms with Gasteiger partial charge in [0.15, 0.2) is 0 Å². The van der Waals surface area contributed by atoms with Crippen LogP contribution in [-0.2, 0) is 22.5 Å². The second kappa shape index (κ2) is 8.29. The minimum absolute atomic E-state index is 0.156. The van der Waals surface area contributed by atoms with E-state index in [1.54, 1.807) is 6.20 Å². The van der Waals surface area contributed by atoms with Crippen molar-refractivity contribution in [3.05, 3.63) is 24.2 Å². The minimum atomic E-state index is -1.17. The molecule has 2 rings (SSSR count). The van der Waals surface area contributed by atoms with Crippen molar-refractivity contribution in [3.8, 4) is 0 Å². The lowest BCUT2D eigenvalue weighted by Gasteiger charge is -2.22.